The van der Waals surface area contributed by atoms with Crippen molar-refractivity contribution in [3.8, 4) is 11.5 Å². The topological polar surface area (TPSA) is 59.2 Å². The predicted molar refractivity (Wildman–Crippen MR) is 102 cm³/mol. The van der Waals surface area contributed by atoms with Crippen LogP contribution in [0.4, 0.5) is 4.39 Å². The molecule has 5 nitrogen and oxygen atoms in total. The molecule has 1 aliphatic rings. The van der Waals surface area contributed by atoms with Gasteiger partial charge in [0.1, 0.15) is 5.82 Å². The summed E-state index contributed by atoms with van der Waals surface area (Å²) in [5, 5.41) is 8.23. The molecule has 7 heteroatoms. The number of carbonyl (C=O) groups excluding carboxylic acids is 1. The van der Waals surface area contributed by atoms with E-state index >= 15 is 0 Å². The van der Waals surface area contributed by atoms with E-state index in [1.165, 1.54) is 12.1 Å². The Morgan fingerprint density at radius 3 is 2.37 bits per heavy atom. The van der Waals surface area contributed by atoms with Crippen LogP contribution in [0.2, 0.25) is 0 Å². The Morgan fingerprint density at radius 2 is 1.70 bits per heavy atom. The van der Waals surface area contributed by atoms with E-state index in [4.69, 9.17) is 4.42 Å². The molecule has 1 aliphatic heterocycles. The van der Waals surface area contributed by atoms with Crippen molar-refractivity contribution in [1.29, 1.82) is 0 Å². The molecule has 1 saturated heterocycles. The third-order valence-electron chi connectivity index (χ3n) is 4.75. The molecule has 0 spiro atoms. The van der Waals surface area contributed by atoms with Gasteiger partial charge in [-0.1, -0.05) is 15.9 Å². The molecule has 0 radical (unpaired) electrons. The van der Waals surface area contributed by atoms with Crippen LogP contribution in [-0.4, -0.2) is 34.1 Å². The largest absolute Gasteiger partial charge is 0.420 e. The monoisotopic (exact) mass is 429 g/mol. The van der Waals surface area contributed by atoms with Crippen molar-refractivity contribution in [3.05, 3.63) is 70.3 Å². The smallest absolute Gasteiger partial charge is 0.253 e. The molecular formula is C20H17BrFN3O2. The molecule has 138 valence electrons. The van der Waals surface area contributed by atoms with Crippen LogP contribution in [-0.2, 0) is 0 Å². The number of amides is 1. The quantitative estimate of drug-likeness (QED) is 0.607. The van der Waals surface area contributed by atoms with E-state index in [1.807, 2.05) is 29.2 Å². The molecule has 0 aliphatic carbocycles. The average Bonchev–Trinajstić information content (AvgIpc) is 3.19. The summed E-state index contributed by atoms with van der Waals surface area (Å²) >= 11 is 3.38. The lowest BCUT2D eigenvalue weighted by Crippen LogP contribution is -2.38. The van der Waals surface area contributed by atoms with E-state index < -0.39 is 0 Å². The maximum absolute atomic E-state index is 13.0. The van der Waals surface area contributed by atoms with E-state index in [0.717, 1.165) is 17.3 Å². The number of likely N-dealkylation sites (tertiary alicyclic amines) is 1. The van der Waals surface area contributed by atoms with Gasteiger partial charge in [0.2, 0.25) is 11.8 Å². The zero-order valence-corrected chi connectivity index (χ0v) is 16.0. The van der Waals surface area contributed by atoms with Crippen molar-refractivity contribution in [2.24, 2.45) is 0 Å². The fraction of sp³-hybridized carbons (Fsp3) is 0.250. The Labute approximate surface area is 164 Å². The van der Waals surface area contributed by atoms with Crippen LogP contribution in [0.5, 0.6) is 0 Å². The van der Waals surface area contributed by atoms with Crippen molar-refractivity contribution in [1.82, 2.24) is 15.1 Å². The van der Waals surface area contributed by atoms with Crippen molar-refractivity contribution < 1.29 is 13.6 Å². The summed E-state index contributed by atoms with van der Waals surface area (Å²) in [6, 6.07) is 13.4. The lowest BCUT2D eigenvalue weighted by Gasteiger charge is -2.30. The van der Waals surface area contributed by atoms with Gasteiger partial charge in [-0.25, -0.2) is 4.39 Å². The lowest BCUT2D eigenvalue weighted by molar-refractivity contribution is 0.0706. The molecular weight excluding hydrogens is 413 g/mol. The maximum Gasteiger partial charge on any atom is 0.253 e. The molecule has 0 N–H and O–H groups in total. The Kier molecular flexibility index (Phi) is 5.03. The van der Waals surface area contributed by atoms with Gasteiger partial charge in [0, 0.05) is 34.6 Å². The molecule has 2 aromatic carbocycles. The van der Waals surface area contributed by atoms with Crippen molar-refractivity contribution >= 4 is 21.8 Å². The highest BCUT2D eigenvalue weighted by atomic mass is 79.9. The Morgan fingerprint density at radius 1 is 1.04 bits per heavy atom. The number of piperidine rings is 1. The third kappa shape index (κ3) is 3.93. The first-order chi connectivity index (χ1) is 13.1. The first kappa shape index (κ1) is 17.9. The number of rotatable bonds is 3. The van der Waals surface area contributed by atoms with Gasteiger partial charge in [-0.15, -0.1) is 10.2 Å². The van der Waals surface area contributed by atoms with Gasteiger partial charge in [0.25, 0.3) is 5.91 Å². The second-order valence-corrected chi connectivity index (χ2v) is 7.44. The summed E-state index contributed by atoms with van der Waals surface area (Å²) in [4.78, 5) is 14.5. The molecule has 0 unspecified atom stereocenters. The minimum Gasteiger partial charge on any atom is -0.420 e. The highest BCUT2D eigenvalue weighted by molar-refractivity contribution is 9.10. The van der Waals surface area contributed by atoms with E-state index in [-0.39, 0.29) is 17.6 Å². The summed E-state index contributed by atoms with van der Waals surface area (Å²) in [5.74, 6) is 0.823. The van der Waals surface area contributed by atoms with E-state index in [1.54, 1.807) is 12.1 Å². The van der Waals surface area contributed by atoms with Crippen LogP contribution in [0, 0.1) is 5.82 Å². The standard InChI is InChI=1S/C20H17BrFN3O2/c21-16-5-1-15(2-6-16)20(26)25-11-9-14(10-12-25)19-24-23-18(27-19)13-3-7-17(22)8-4-13/h1-8,14H,9-12H2. The van der Waals surface area contributed by atoms with Gasteiger partial charge in [0.15, 0.2) is 0 Å². The van der Waals surface area contributed by atoms with Crippen molar-refractivity contribution in [2.75, 3.05) is 13.1 Å². The number of benzene rings is 2. The van der Waals surface area contributed by atoms with Crippen molar-refractivity contribution in [3.63, 3.8) is 0 Å². The molecule has 3 aromatic rings. The van der Waals surface area contributed by atoms with Crippen LogP contribution >= 0.6 is 15.9 Å². The highest BCUT2D eigenvalue weighted by Gasteiger charge is 2.28. The lowest BCUT2D eigenvalue weighted by atomic mass is 9.96. The van der Waals surface area contributed by atoms with Crippen LogP contribution in [0.3, 0.4) is 0 Å². The zero-order chi connectivity index (χ0) is 18.8. The summed E-state index contributed by atoms with van der Waals surface area (Å²) in [6.45, 7) is 1.29. The third-order valence-corrected chi connectivity index (χ3v) is 5.28. The SMILES string of the molecule is O=C(c1ccc(Br)cc1)N1CCC(c2nnc(-c3ccc(F)cc3)o2)CC1. The molecule has 0 saturated carbocycles. The number of carbonyl (C=O) groups is 1. The van der Waals surface area contributed by atoms with Crippen molar-refractivity contribution in [2.45, 2.75) is 18.8 Å². The van der Waals surface area contributed by atoms with E-state index in [9.17, 15) is 9.18 Å². The fourth-order valence-electron chi connectivity index (χ4n) is 3.21. The molecule has 4 rings (SSSR count). The number of hydrogen-bond donors (Lipinski definition) is 0. The molecule has 1 fully saturated rings. The fourth-order valence-corrected chi connectivity index (χ4v) is 3.48. The van der Waals surface area contributed by atoms with E-state index in [0.29, 0.717) is 36.0 Å². The molecule has 1 aromatic heterocycles. The number of hydrogen-bond acceptors (Lipinski definition) is 4. The van der Waals surface area contributed by atoms with Gasteiger partial charge in [-0.2, -0.15) is 0 Å². The molecule has 0 bridgehead atoms. The van der Waals surface area contributed by atoms with Crippen LogP contribution < -0.4 is 0 Å². The second-order valence-electron chi connectivity index (χ2n) is 6.53. The molecule has 0 atom stereocenters. The Hall–Kier alpha value is -2.54. The Balaban J connectivity index is 1.40. The average molecular weight is 430 g/mol. The number of aromatic nitrogens is 2. The zero-order valence-electron chi connectivity index (χ0n) is 14.4. The molecule has 1 amide bonds. The van der Waals surface area contributed by atoms with Crippen LogP contribution in [0.25, 0.3) is 11.5 Å². The summed E-state index contributed by atoms with van der Waals surface area (Å²) < 4.78 is 19.8. The van der Waals surface area contributed by atoms with Gasteiger partial charge in [-0.05, 0) is 61.4 Å². The van der Waals surface area contributed by atoms with Crippen LogP contribution in [0.1, 0.15) is 35.0 Å². The first-order valence-corrected chi connectivity index (χ1v) is 9.53. The normalized spacial score (nSPS) is 15.1. The summed E-state index contributed by atoms with van der Waals surface area (Å²) in [6.07, 6.45) is 1.54. The second kappa shape index (κ2) is 7.60. The van der Waals surface area contributed by atoms with Gasteiger partial charge in [-0.3, -0.25) is 4.79 Å². The van der Waals surface area contributed by atoms with E-state index in [2.05, 4.69) is 26.1 Å². The van der Waals surface area contributed by atoms with Gasteiger partial charge < -0.3 is 9.32 Å². The van der Waals surface area contributed by atoms with Gasteiger partial charge in [0.05, 0.1) is 0 Å². The highest BCUT2D eigenvalue weighted by Crippen LogP contribution is 2.30. The van der Waals surface area contributed by atoms with Crippen LogP contribution in [0.15, 0.2) is 57.4 Å². The first-order valence-electron chi connectivity index (χ1n) is 8.74. The minimum atomic E-state index is -0.304. The molecule has 27 heavy (non-hydrogen) atoms. The minimum absolute atomic E-state index is 0.0403. The molecule has 2 heterocycles. The maximum atomic E-state index is 13.0. The number of halogens is 2. The van der Waals surface area contributed by atoms with Gasteiger partial charge >= 0.3 is 0 Å². The summed E-state index contributed by atoms with van der Waals surface area (Å²) in [7, 11) is 0. The number of nitrogens with zero attached hydrogens (tertiary/aromatic N) is 3. The predicted octanol–water partition coefficient (Wildman–Crippen LogP) is 4.66. The summed E-state index contributed by atoms with van der Waals surface area (Å²) in [5.41, 5.74) is 1.38. The Bertz CT molecular complexity index is 933.